The van der Waals surface area contributed by atoms with E-state index >= 15 is 0 Å². The molecule has 0 aliphatic rings. The van der Waals surface area contributed by atoms with Crippen LogP contribution in [0, 0.1) is 0 Å². The van der Waals surface area contributed by atoms with Gasteiger partial charge in [0.15, 0.2) is 0 Å². The number of unbranched alkanes of at least 4 members (excludes halogenated alkanes) is 1. The zero-order valence-corrected chi connectivity index (χ0v) is 9.94. The van der Waals surface area contributed by atoms with Crippen LogP contribution in [0.15, 0.2) is 12.4 Å². The second-order valence-corrected chi connectivity index (χ2v) is 3.83. The maximum Gasteiger partial charge on any atom is 0.236 e. The Kier molecular flexibility index (Phi) is 4.98. The van der Waals surface area contributed by atoms with E-state index in [2.05, 4.69) is 16.9 Å². The van der Waals surface area contributed by atoms with Crippen molar-refractivity contribution in [2.45, 2.75) is 19.8 Å². The quantitative estimate of drug-likeness (QED) is 0.814. The number of hydrogen-bond acceptors (Lipinski definition) is 4. The molecular weight excluding hydrogens is 228 g/mol. The lowest BCUT2D eigenvalue weighted by atomic mass is 10.3. The van der Waals surface area contributed by atoms with Crippen LogP contribution in [0.1, 0.15) is 19.8 Å². The lowest BCUT2D eigenvalue weighted by Gasteiger charge is -2.21. The number of nitrogens with two attached hydrogens (primary N) is 1. The van der Waals surface area contributed by atoms with Gasteiger partial charge in [-0.05, 0) is 6.42 Å². The molecular formula is C10H15ClN4O. The van der Waals surface area contributed by atoms with E-state index in [1.807, 2.05) is 0 Å². The summed E-state index contributed by atoms with van der Waals surface area (Å²) in [6.07, 6.45) is 5.02. The molecule has 0 saturated carbocycles. The molecule has 0 aliphatic heterocycles. The van der Waals surface area contributed by atoms with E-state index in [-0.39, 0.29) is 6.54 Å². The minimum Gasteiger partial charge on any atom is -0.368 e. The van der Waals surface area contributed by atoms with E-state index in [4.69, 9.17) is 17.3 Å². The van der Waals surface area contributed by atoms with Crippen molar-refractivity contribution in [2.75, 3.05) is 18.0 Å². The number of hydrogen-bond donors (Lipinski definition) is 1. The van der Waals surface area contributed by atoms with Gasteiger partial charge in [-0.2, -0.15) is 0 Å². The fourth-order valence-corrected chi connectivity index (χ4v) is 1.44. The van der Waals surface area contributed by atoms with Gasteiger partial charge in [0.1, 0.15) is 11.0 Å². The first kappa shape index (κ1) is 12.7. The zero-order valence-electron chi connectivity index (χ0n) is 9.19. The van der Waals surface area contributed by atoms with Crippen molar-refractivity contribution >= 4 is 23.3 Å². The highest BCUT2D eigenvalue weighted by molar-refractivity contribution is 6.29. The maximum absolute atomic E-state index is 10.9. The second-order valence-electron chi connectivity index (χ2n) is 3.44. The summed E-state index contributed by atoms with van der Waals surface area (Å²) in [4.78, 5) is 20.7. The van der Waals surface area contributed by atoms with Crippen molar-refractivity contribution in [1.82, 2.24) is 9.97 Å². The summed E-state index contributed by atoms with van der Waals surface area (Å²) in [5.74, 6) is 0.192. The van der Waals surface area contributed by atoms with Crippen molar-refractivity contribution in [2.24, 2.45) is 5.73 Å². The average Bonchev–Trinajstić information content (AvgIpc) is 2.23. The van der Waals surface area contributed by atoms with Crippen molar-refractivity contribution in [1.29, 1.82) is 0 Å². The van der Waals surface area contributed by atoms with E-state index in [1.54, 1.807) is 11.1 Å². The molecule has 0 spiro atoms. The highest BCUT2D eigenvalue weighted by atomic mass is 35.5. The number of carbonyl (C=O) groups excluding carboxylic acids is 1. The number of rotatable bonds is 6. The average molecular weight is 243 g/mol. The molecule has 1 heterocycles. The molecule has 1 rings (SSSR count). The van der Waals surface area contributed by atoms with Crippen LogP contribution in [-0.4, -0.2) is 29.0 Å². The van der Waals surface area contributed by atoms with Gasteiger partial charge in [-0.1, -0.05) is 24.9 Å². The number of anilines is 1. The molecule has 1 amide bonds. The van der Waals surface area contributed by atoms with Gasteiger partial charge >= 0.3 is 0 Å². The van der Waals surface area contributed by atoms with Gasteiger partial charge in [0.2, 0.25) is 5.91 Å². The molecule has 1 aromatic rings. The Balaban J connectivity index is 2.78. The molecule has 0 aromatic carbocycles. The van der Waals surface area contributed by atoms with Crippen LogP contribution in [0.5, 0.6) is 0 Å². The highest BCUT2D eigenvalue weighted by Crippen LogP contribution is 2.12. The second kappa shape index (κ2) is 6.27. The van der Waals surface area contributed by atoms with Crippen LogP contribution in [-0.2, 0) is 4.79 Å². The third-order valence-corrected chi connectivity index (χ3v) is 2.23. The van der Waals surface area contributed by atoms with Gasteiger partial charge < -0.3 is 10.6 Å². The third kappa shape index (κ3) is 4.02. The molecule has 0 fully saturated rings. The molecule has 6 heteroatoms. The van der Waals surface area contributed by atoms with Gasteiger partial charge in [0.05, 0.1) is 18.9 Å². The summed E-state index contributed by atoms with van der Waals surface area (Å²) >= 11 is 5.74. The Morgan fingerprint density at radius 3 is 2.88 bits per heavy atom. The first-order chi connectivity index (χ1) is 7.63. The van der Waals surface area contributed by atoms with E-state index in [0.717, 1.165) is 12.8 Å². The number of carbonyl (C=O) groups is 1. The fraction of sp³-hybridized carbons (Fsp3) is 0.500. The molecule has 16 heavy (non-hydrogen) atoms. The smallest absolute Gasteiger partial charge is 0.236 e. The molecule has 0 aliphatic carbocycles. The highest BCUT2D eigenvalue weighted by Gasteiger charge is 2.10. The first-order valence-electron chi connectivity index (χ1n) is 5.14. The number of aromatic nitrogens is 2. The predicted octanol–water partition coefficient (Wildman–Crippen LogP) is 1.22. The molecule has 88 valence electrons. The molecule has 0 bridgehead atoms. The number of halogens is 1. The molecule has 2 N–H and O–H groups in total. The Bertz CT molecular complexity index is 358. The summed E-state index contributed by atoms with van der Waals surface area (Å²) in [5, 5.41) is 0.309. The Labute approximate surface area is 99.6 Å². The lowest BCUT2D eigenvalue weighted by molar-refractivity contribution is -0.116. The minimum absolute atomic E-state index is 0.134. The van der Waals surface area contributed by atoms with Crippen LogP contribution in [0.3, 0.4) is 0 Å². The molecule has 0 saturated heterocycles. The largest absolute Gasteiger partial charge is 0.368 e. The molecule has 0 atom stereocenters. The lowest BCUT2D eigenvalue weighted by Crippen LogP contribution is -2.35. The van der Waals surface area contributed by atoms with Gasteiger partial charge in [-0.15, -0.1) is 0 Å². The van der Waals surface area contributed by atoms with Crippen molar-refractivity contribution in [3.05, 3.63) is 17.5 Å². The summed E-state index contributed by atoms with van der Waals surface area (Å²) in [7, 11) is 0. The first-order valence-corrected chi connectivity index (χ1v) is 5.52. The van der Waals surface area contributed by atoms with Gasteiger partial charge in [-0.25, -0.2) is 4.98 Å². The fourth-order valence-electron chi connectivity index (χ4n) is 1.30. The van der Waals surface area contributed by atoms with Crippen LogP contribution < -0.4 is 10.6 Å². The zero-order chi connectivity index (χ0) is 12.0. The van der Waals surface area contributed by atoms with Crippen molar-refractivity contribution in [3.8, 4) is 0 Å². The number of nitrogens with zero attached hydrogens (tertiary/aromatic N) is 3. The SMILES string of the molecule is CCCCN(CC(N)=O)c1cncc(Cl)n1. The summed E-state index contributed by atoms with van der Waals surface area (Å²) in [6.45, 7) is 2.93. The number of primary amides is 1. The third-order valence-electron chi connectivity index (χ3n) is 2.04. The molecule has 5 nitrogen and oxygen atoms in total. The monoisotopic (exact) mass is 242 g/mol. The molecule has 0 radical (unpaired) electrons. The Morgan fingerprint density at radius 2 is 2.31 bits per heavy atom. The van der Waals surface area contributed by atoms with Crippen LogP contribution in [0.2, 0.25) is 5.15 Å². The van der Waals surface area contributed by atoms with Crippen molar-refractivity contribution < 1.29 is 4.79 Å². The van der Waals surface area contributed by atoms with E-state index in [0.29, 0.717) is 17.5 Å². The van der Waals surface area contributed by atoms with Crippen LogP contribution >= 0.6 is 11.6 Å². The van der Waals surface area contributed by atoms with Crippen LogP contribution in [0.4, 0.5) is 5.82 Å². The van der Waals surface area contributed by atoms with Crippen LogP contribution in [0.25, 0.3) is 0 Å². The molecule has 0 unspecified atom stereocenters. The minimum atomic E-state index is -0.391. The molecule has 1 aromatic heterocycles. The summed E-state index contributed by atoms with van der Waals surface area (Å²) < 4.78 is 0. The van der Waals surface area contributed by atoms with E-state index < -0.39 is 5.91 Å². The Hall–Kier alpha value is -1.36. The number of amides is 1. The van der Waals surface area contributed by atoms with Gasteiger partial charge in [-0.3, -0.25) is 9.78 Å². The van der Waals surface area contributed by atoms with Crippen molar-refractivity contribution in [3.63, 3.8) is 0 Å². The van der Waals surface area contributed by atoms with E-state index in [1.165, 1.54) is 6.20 Å². The Morgan fingerprint density at radius 1 is 1.56 bits per heavy atom. The van der Waals surface area contributed by atoms with E-state index in [9.17, 15) is 4.79 Å². The topological polar surface area (TPSA) is 72.1 Å². The maximum atomic E-state index is 10.9. The standard InChI is InChI=1S/C10H15ClN4O/c1-2-3-4-15(7-9(12)16)10-6-13-5-8(11)14-10/h5-6H,2-4,7H2,1H3,(H2,12,16). The van der Waals surface area contributed by atoms with Gasteiger partial charge in [0.25, 0.3) is 0 Å². The summed E-state index contributed by atoms with van der Waals surface area (Å²) in [5.41, 5.74) is 5.18. The summed E-state index contributed by atoms with van der Waals surface area (Å²) in [6, 6.07) is 0. The normalized spacial score (nSPS) is 10.1. The predicted molar refractivity (Wildman–Crippen MR) is 63.4 cm³/mol. The van der Waals surface area contributed by atoms with Gasteiger partial charge in [0, 0.05) is 6.54 Å².